The minimum absolute atomic E-state index is 0. The molecule has 0 atom stereocenters. The fraction of sp³-hybridized carbons (Fsp3) is 0.500. The predicted molar refractivity (Wildman–Crippen MR) is 40.3 cm³/mol. The van der Waals surface area contributed by atoms with Gasteiger partial charge in [0.05, 0.1) is 0 Å². The molecule has 0 radical (unpaired) electrons. The molecule has 0 saturated heterocycles. The summed E-state index contributed by atoms with van der Waals surface area (Å²) in [6.45, 7) is 5.29. The third kappa shape index (κ3) is 3.35. The Bertz CT molecular complexity index is 147. The van der Waals surface area contributed by atoms with Gasteiger partial charge < -0.3 is 5.32 Å². The van der Waals surface area contributed by atoms with Crippen LogP contribution in [0.2, 0.25) is 0 Å². The molecule has 0 bridgehead atoms. The number of hydrogen-bond donors (Lipinski definition) is 0. The van der Waals surface area contributed by atoms with Crippen molar-refractivity contribution >= 4 is 0 Å². The Kier molecular flexibility index (Phi) is 6.06. The number of rotatable bonds is 1. The zero-order valence-electron chi connectivity index (χ0n) is 6.96. The van der Waals surface area contributed by atoms with Gasteiger partial charge in [-0.15, -0.1) is 6.54 Å². The topological polar surface area (TPSA) is 14.1 Å². The van der Waals surface area contributed by atoms with Gasteiger partial charge in [0.25, 0.3) is 0 Å². The smallest absolute Gasteiger partial charge is 0.687 e. The standard InChI is InChI=1S/C8H12N.K/c1-7(2)8-4-3-5-9-6-8;/h3-5,7H,6H2,1-2H3;/q-1;+1. The van der Waals surface area contributed by atoms with E-state index in [9.17, 15) is 0 Å². The third-order valence-corrected chi connectivity index (χ3v) is 1.52. The first-order valence-corrected chi connectivity index (χ1v) is 3.33. The second kappa shape index (κ2) is 5.55. The normalized spacial score (nSPS) is 15.7. The van der Waals surface area contributed by atoms with Crippen molar-refractivity contribution in [3.8, 4) is 0 Å². The average Bonchev–Trinajstić information content (AvgIpc) is 1.90. The summed E-state index contributed by atoms with van der Waals surface area (Å²) in [5.74, 6) is 0.652. The van der Waals surface area contributed by atoms with Crippen molar-refractivity contribution in [3.63, 3.8) is 0 Å². The van der Waals surface area contributed by atoms with Gasteiger partial charge in [-0.3, -0.25) is 0 Å². The van der Waals surface area contributed by atoms with Crippen LogP contribution in [0.3, 0.4) is 0 Å². The van der Waals surface area contributed by atoms with Gasteiger partial charge in [0, 0.05) is 0 Å². The molecule has 2 heteroatoms. The molecule has 0 fully saturated rings. The molecule has 0 aliphatic carbocycles. The monoisotopic (exact) mass is 161 g/mol. The maximum atomic E-state index is 4.13. The first-order chi connectivity index (χ1) is 4.30. The van der Waals surface area contributed by atoms with Crippen molar-refractivity contribution in [2.75, 3.05) is 6.54 Å². The van der Waals surface area contributed by atoms with Gasteiger partial charge >= 0.3 is 51.4 Å². The van der Waals surface area contributed by atoms with Crippen LogP contribution >= 0.6 is 0 Å². The van der Waals surface area contributed by atoms with E-state index in [1.165, 1.54) is 5.57 Å². The summed E-state index contributed by atoms with van der Waals surface area (Å²) in [4.78, 5) is 0. The summed E-state index contributed by atoms with van der Waals surface area (Å²) in [5.41, 5.74) is 1.43. The van der Waals surface area contributed by atoms with Crippen LogP contribution in [0.15, 0.2) is 23.9 Å². The van der Waals surface area contributed by atoms with Crippen LogP contribution in [0.1, 0.15) is 13.8 Å². The molecule has 0 unspecified atom stereocenters. The molecule has 1 aliphatic rings. The Morgan fingerprint density at radius 3 is 2.50 bits per heavy atom. The molecule has 50 valence electrons. The van der Waals surface area contributed by atoms with Crippen LogP contribution in [-0.4, -0.2) is 6.54 Å². The van der Waals surface area contributed by atoms with Crippen LogP contribution < -0.4 is 51.4 Å². The van der Waals surface area contributed by atoms with Gasteiger partial charge in [0.1, 0.15) is 0 Å². The third-order valence-electron chi connectivity index (χ3n) is 1.52. The van der Waals surface area contributed by atoms with E-state index in [2.05, 4.69) is 25.2 Å². The number of hydrogen-bond acceptors (Lipinski definition) is 0. The van der Waals surface area contributed by atoms with Crippen molar-refractivity contribution in [3.05, 3.63) is 29.2 Å². The molecule has 1 nitrogen and oxygen atoms in total. The largest absolute Gasteiger partial charge is 1.00 e. The summed E-state index contributed by atoms with van der Waals surface area (Å²) in [7, 11) is 0. The summed E-state index contributed by atoms with van der Waals surface area (Å²) < 4.78 is 0. The van der Waals surface area contributed by atoms with Crippen LogP contribution in [0, 0.1) is 5.92 Å². The fourth-order valence-electron chi connectivity index (χ4n) is 0.813. The number of allylic oxidation sites excluding steroid dienone is 2. The minimum Gasteiger partial charge on any atom is -0.687 e. The Hall–Kier alpha value is 0.916. The molecule has 0 spiro atoms. The van der Waals surface area contributed by atoms with Gasteiger partial charge in [-0.2, -0.15) is 6.20 Å². The summed E-state index contributed by atoms with van der Waals surface area (Å²) in [6, 6.07) is 0. The minimum atomic E-state index is 0. The predicted octanol–water partition coefficient (Wildman–Crippen LogP) is -0.526. The van der Waals surface area contributed by atoms with Crippen LogP contribution in [0.25, 0.3) is 5.32 Å². The fourth-order valence-corrected chi connectivity index (χ4v) is 0.813. The molecule has 0 amide bonds. The second-order valence-electron chi connectivity index (χ2n) is 2.58. The molecular formula is C8H12KN. The molecule has 10 heavy (non-hydrogen) atoms. The van der Waals surface area contributed by atoms with Crippen molar-refractivity contribution in [2.45, 2.75) is 13.8 Å². The van der Waals surface area contributed by atoms with E-state index in [1.54, 1.807) is 0 Å². The molecule has 0 N–H and O–H groups in total. The van der Waals surface area contributed by atoms with Gasteiger partial charge in [0.2, 0.25) is 0 Å². The molecule has 1 heterocycles. The molecule has 1 aliphatic heterocycles. The maximum absolute atomic E-state index is 4.13. The first-order valence-electron chi connectivity index (χ1n) is 3.33. The van der Waals surface area contributed by atoms with Crippen molar-refractivity contribution in [1.29, 1.82) is 0 Å². The van der Waals surface area contributed by atoms with E-state index < -0.39 is 0 Å². The Balaban J connectivity index is 0.000000810. The second-order valence-corrected chi connectivity index (χ2v) is 2.58. The van der Waals surface area contributed by atoms with E-state index >= 15 is 0 Å². The van der Waals surface area contributed by atoms with Crippen molar-refractivity contribution in [1.82, 2.24) is 0 Å². The van der Waals surface area contributed by atoms with E-state index in [1.807, 2.05) is 12.3 Å². The van der Waals surface area contributed by atoms with Crippen molar-refractivity contribution in [2.24, 2.45) is 5.92 Å². The summed E-state index contributed by atoms with van der Waals surface area (Å²) in [6.07, 6.45) is 6.00. The molecule has 1 rings (SSSR count). The van der Waals surface area contributed by atoms with E-state index in [0.29, 0.717) is 5.92 Å². The van der Waals surface area contributed by atoms with Crippen molar-refractivity contribution < 1.29 is 51.4 Å². The molecular weight excluding hydrogens is 149 g/mol. The Morgan fingerprint density at radius 2 is 2.20 bits per heavy atom. The molecule has 0 saturated carbocycles. The molecule has 0 aromatic carbocycles. The Labute approximate surface area is 105 Å². The van der Waals surface area contributed by atoms with E-state index in [4.69, 9.17) is 0 Å². The quantitative estimate of drug-likeness (QED) is 0.459. The molecule has 0 aromatic heterocycles. The van der Waals surface area contributed by atoms with Gasteiger partial charge in [0.15, 0.2) is 0 Å². The van der Waals surface area contributed by atoms with Crippen LogP contribution in [0.5, 0.6) is 0 Å². The Morgan fingerprint density at radius 1 is 1.50 bits per heavy atom. The molecule has 0 aromatic rings. The van der Waals surface area contributed by atoms with E-state index in [-0.39, 0.29) is 51.4 Å². The van der Waals surface area contributed by atoms with Gasteiger partial charge in [-0.1, -0.05) is 31.6 Å². The maximum Gasteiger partial charge on any atom is 1.00 e. The zero-order valence-corrected chi connectivity index (χ0v) is 10.1. The van der Waals surface area contributed by atoms with Gasteiger partial charge in [-0.25, -0.2) is 0 Å². The van der Waals surface area contributed by atoms with Crippen LogP contribution in [0.4, 0.5) is 0 Å². The summed E-state index contributed by atoms with van der Waals surface area (Å²) in [5, 5.41) is 4.13. The van der Waals surface area contributed by atoms with Crippen LogP contribution in [-0.2, 0) is 0 Å². The zero-order chi connectivity index (χ0) is 6.69. The summed E-state index contributed by atoms with van der Waals surface area (Å²) >= 11 is 0. The first kappa shape index (κ1) is 10.9. The van der Waals surface area contributed by atoms with E-state index in [0.717, 1.165) is 6.54 Å². The van der Waals surface area contributed by atoms with Gasteiger partial charge in [-0.05, 0) is 5.92 Å². The average molecular weight is 161 g/mol. The SMILES string of the molecule is CC(C)C1=CC=C[N-]C1.[K+]. The number of nitrogens with zero attached hydrogens (tertiary/aromatic N) is 1.